The van der Waals surface area contributed by atoms with E-state index in [9.17, 15) is 17.6 Å². The van der Waals surface area contributed by atoms with E-state index in [4.69, 9.17) is 0 Å². The fourth-order valence-electron chi connectivity index (χ4n) is 1.90. The molecule has 0 aliphatic heterocycles. The maximum atomic E-state index is 12.9. The molecule has 1 aromatic carbocycles. The predicted octanol–water partition coefficient (Wildman–Crippen LogP) is 4.17. The smallest absolute Gasteiger partial charge is 0.314 e. The fraction of sp³-hybridized carbons (Fsp3) is 0.571. The van der Waals surface area contributed by atoms with E-state index in [1.165, 1.54) is 6.07 Å². The molecule has 0 spiro atoms. The van der Waals surface area contributed by atoms with E-state index >= 15 is 0 Å². The van der Waals surface area contributed by atoms with E-state index in [-0.39, 0.29) is 18.0 Å². The van der Waals surface area contributed by atoms with Gasteiger partial charge in [0.15, 0.2) is 0 Å². The van der Waals surface area contributed by atoms with Crippen molar-refractivity contribution in [3.63, 3.8) is 0 Å². The van der Waals surface area contributed by atoms with E-state index in [0.717, 1.165) is 19.0 Å². The number of halogens is 4. The lowest BCUT2D eigenvalue weighted by molar-refractivity contribution is -0.138. The van der Waals surface area contributed by atoms with Crippen LogP contribution in [0, 0.1) is 5.82 Å². The summed E-state index contributed by atoms with van der Waals surface area (Å²) in [5.74, 6) is -0.853. The quantitative estimate of drug-likeness (QED) is 0.770. The zero-order valence-corrected chi connectivity index (χ0v) is 11.1. The van der Waals surface area contributed by atoms with Gasteiger partial charge in [-0.2, -0.15) is 13.2 Å². The second kappa shape index (κ2) is 6.89. The van der Waals surface area contributed by atoms with Crippen molar-refractivity contribution >= 4 is 0 Å². The molecule has 0 aromatic heterocycles. The van der Waals surface area contributed by atoms with Gasteiger partial charge in [-0.15, -0.1) is 0 Å². The molecule has 1 unspecified atom stereocenters. The van der Waals surface area contributed by atoms with Crippen LogP contribution in [0.15, 0.2) is 18.2 Å². The highest BCUT2D eigenvalue weighted by molar-refractivity contribution is 5.30. The Kier molecular flexibility index (Phi) is 5.79. The normalized spacial score (nSPS) is 13.6. The highest BCUT2D eigenvalue weighted by Crippen LogP contribution is 2.33. The highest BCUT2D eigenvalue weighted by atomic mass is 19.4. The van der Waals surface area contributed by atoms with Gasteiger partial charge in [0, 0.05) is 6.04 Å². The Labute approximate surface area is 111 Å². The molecule has 0 amide bonds. The van der Waals surface area contributed by atoms with Gasteiger partial charge in [-0.3, -0.25) is 0 Å². The van der Waals surface area contributed by atoms with Crippen molar-refractivity contribution in [2.45, 2.75) is 45.3 Å². The highest BCUT2D eigenvalue weighted by Gasteiger charge is 2.33. The second-order valence-corrected chi connectivity index (χ2v) is 4.69. The molecule has 1 nitrogen and oxygen atoms in total. The Morgan fingerprint density at radius 3 is 2.53 bits per heavy atom. The van der Waals surface area contributed by atoms with Crippen molar-refractivity contribution in [1.29, 1.82) is 0 Å². The first-order chi connectivity index (χ1) is 8.84. The summed E-state index contributed by atoms with van der Waals surface area (Å²) in [6.07, 6.45) is -2.64. The van der Waals surface area contributed by atoms with Crippen LogP contribution in [0.3, 0.4) is 0 Å². The minimum atomic E-state index is -4.50. The minimum Gasteiger partial charge on any atom is -0.314 e. The number of alkyl halides is 3. The van der Waals surface area contributed by atoms with Crippen LogP contribution in [0.25, 0.3) is 0 Å². The molecule has 1 aromatic rings. The zero-order valence-electron chi connectivity index (χ0n) is 11.1. The lowest BCUT2D eigenvalue weighted by Crippen LogP contribution is -2.27. The molecule has 0 saturated carbocycles. The molecule has 19 heavy (non-hydrogen) atoms. The predicted molar refractivity (Wildman–Crippen MR) is 67.5 cm³/mol. The van der Waals surface area contributed by atoms with Crippen LogP contribution >= 0.6 is 0 Å². The van der Waals surface area contributed by atoms with Gasteiger partial charge in [-0.1, -0.05) is 13.0 Å². The van der Waals surface area contributed by atoms with Crippen molar-refractivity contribution in [3.05, 3.63) is 35.1 Å². The van der Waals surface area contributed by atoms with Crippen molar-refractivity contribution < 1.29 is 17.6 Å². The molecule has 1 N–H and O–H groups in total. The van der Waals surface area contributed by atoms with E-state index in [2.05, 4.69) is 5.32 Å². The van der Waals surface area contributed by atoms with Gasteiger partial charge in [0.25, 0.3) is 0 Å². The maximum Gasteiger partial charge on any atom is 0.416 e. The first-order valence-corrected chi connectivity index (χ1v) is 6.43. The third kappa shape index (κ3) is 5.19. The monoisotopic (exact) mass is 277 g/mol. The molecule has 1 rings (SSSR count). The number of benzene rings is 1. The van der Waals surface area contributed by atoms with Gasteiger partial charge in [0.05, 0.1) is 5.56 Å². The van der Waals surface area contributed by atoms with Crippen molar-refractivity contribution in [3.8, 4) is 0 Å². The lowest BCUT2D eigenvalue weighted by Gasteiger charge is -2.16. The van der Waals surface area contributed by atoms with Gasteiger partial charge in [0.2, 0.25) is 0 Å². The first kappa shape index (κ1) is 16.0. The Hall–Kier alpha value is -1.10. The van der Waals surface area contributed by atoms with Crippen LogP contribution in [0.5, 0.6) is 0 Å². The average Bonchev–Trinajstić information content (AvgIpc) is 2.33. The van der Waals surface area contributed by atoms with Crippen LogP contribution < -0.4 is 5.32 Å². The molecule has 0 heterocycles. The third-order valence-electron chi connectivity index (χ3n) is 2.97. The van der Waals surface area contributed by atoms with E-state index in [0.29, 0.717) is 12.5 Å². The standard InChI is InChI=1S/C14H19F4N/c1-3-8-19-10(2)4-5-11-6-7-12(15)9-13(11)14(16,17)18/h6-7,9-10,19H,3-5,8H2,1-2H3. The SMILES string of the molecule is CCCNC(C)CCc1ccc(F)cc1C(F)(F)F. The Morgan fingerprint density at radius 2 is 1.95 bits per heavy atom. The van der Waals surface area contributed by atoms with Crippen LogP contribution in [-0.2, 0) is 12.6 Å². The number of aryl methyl sites for hydroxylation is 1. The van der Waals surface area contributed by atoms with Gasteiger partial charge < -0.3 is 5.32 Å². The molecule has 0 aliphatic rings. The molecule has 0 bridgehead atoms. The molecule has 0 aliphatic carbocycles. The summed E-state index contributed by atoms with van der Waals surface area (Å²) in [6.45, 7) is 4.81. The molecule has 108 valence electrons. The van der Waals surface area contributed by atoms with Gasteiger partial charge in [0.1, 0.15) is 5.82 Å². The molecule has 0 fully saturated rings. The van der Waals surface area contributed by atoms with Crippen LogP contribution in [0.2, 0.25) is 0 Å². The summed E-state index contributed by atoms with van der Waals surface area (Å²) >= 11 is 0. The van der Waals surface area contributed by atoms with Gasteiger partial charge >= 0.3 is 6.18 Å². The van der Waals surface area contributed by atoms with Crippen molar-refractivity contribution in [2.75, 3.05) is 6.54 Å². The van der Waals surface area contributed by atoms with Crippen molar-refractivity contribution in [2.24, 2.45) is 0 Å². The molecule has 0 radical (unpaired) electrons. The molecular formula is C14H19F4N. The lowest BCUT2D eigenvalue weighted by atomic mass is 10.00. The van der Waals surface area contributed by atoms with Crippen LogP contribution in [0.1, 0.15) is 37.8 Å². The molecule has 5 heteroatoms. The van der Waals surface area contributed by atoms with Crippen LogP contribution in [-0.4, -0.2) is 12.6 Å². The fourth-order valence-corrected chi connectivity index (χ4v) is 1.90. The number of rotatable bonds is 6. The average molecular weight is 277 g/mol. The Balaban J connectivity index is 2.73. The molecule has 0 saturated heterocycles. The summed E-state index contributed by atoms with van der Waals surface area (Å²) < 4.78 is 51.3. The minimum absolute atomic E-state index is 0.145. The van der Waals surface area contributed by atoms with Crippen molar-refractivity contribution in [1.82, 2.24) is 5.32 Å². The number of nitrogens with one attached hydrogen (secondary N) is 1. The molecular weight excluding hydrogens is 258 g/mol. The summed E-state index contributed by atoms with van der Waals surface area (Å²) in [5.41, 5.74) is -0.714. The van der Waals surface area contributed by atoms with Crippen LogP contribution in [0.4, 0.5) is 17.6 Å². The summed E-state index contributed by atoms with van der Waals surface area (Å²) in [4.78, 5) is 0. The van der Waals surface area contributed by atoms with E-state index in [1.807, 2.05) is 13.8 Å². The summed E-state index contributed by atoms with van der Waals surface area (Å²) in [5, 5.41) is 3.22. The maximum absolute atomic E-state index is 12.9. The topological polar surface area (TPSA) is 12.0 Å². The zero-order chi connectivity index (χ0) is 14.5. The van der Waals surface area contributed by atoms with Gasteiger partial charge in [-0.05, 0) is 50.4 Å². The second-order valence-electron chi connectivity index (χ2n) is 4.69. The first-order valence-electron chi connectivity index (χ1n) is 6.43. The third-order valence-corrected chi connectivity index (χ3v) is 2.97. The van der Waals surface area contributed by atoms with E-state index < -0.39 is 17.6 Å². The molecule has 1 atom stereocenters. The van der Waals surface area contributed by atoms with E-state index in [1.54, 1.807) is 0 Å². The summed E-state index contributed by atoms with van der Waals surface area (Å²) in [7, 11) is 0. The summed E-state index contributed by atoms with van der Waals surface area (Å²) in [6, 6.07) is 3.02. The number of hydrogen-bond acceptors (Lipinski definition) is 1. The number of hydrogen-bond donors (Lipinski definition) is 1. The largest absolute Gasteiger partial charge is 0.416 e. The Morgan fingerprint density at radius 1 is 1.26 bits per heavy atom. The Bertz CT molecular complexity index is 401. The van der Waals surface area contributed by atoms with Gasteiger partial charge in [-0.25, -0.2) is 4.39 Å².